The fourth-order valence-electron chi connectivity index (χ4n) is 1.18. The first-order chi connectivity index (χ1) is 7.56. The maximum absolute atomic E-state index is 12.5. The van der Waals surface area contributed by atoms with E-state index in [1.54, 1.807) is 0 Å². The summed E-state index contributed by atoms with van der Waals surface area (Å²) in [5.41, 5.74) is 0. The highest BCUT2D eigenvalue weighted by molar-refractivity contribution is 5.77. The van der Waals surface area contributed by atoms with Crippen LogP contribution in [0.2, 0.25) is 0 Å². The predicted octanol–water partition coefficient (Wildman–Crippen LogP) is 0.883. The van der Waals surface area contributed by atoms with Crippen LogP contribution in [0.15, 0.2) is 12.4 Å². The van der Waals surface area contributed by atoms with Gasteiger partial charge in [-0.05, 0) is 0 Å². The van der Waals surface area contributed by atoms with Gasteiger partial charge in [-0.25, -0.2) is 4.98 Å². The second-order valence-electron chi connectivity index (χ2n) is 3.21. The number of hydrogen-bond donors (Lipinski definition) is 0. The summed E-state index contributed by atoms with van der Waals surface area (Å²) < 4.78 is 30.3. The minimum atomic E-state index is -2.65. The Morgan fingerprint density at radius 1 is 1.69 bits per heavy atom. The molecule has 0 saturated carbocycles. The number of alkyl halides is 2. The summed E-state index contributed by atoms with van der Waals surface area (Å²) in [5.74, 6) is -0.145. The van der Waals surface area contributed by atoms with Crippen molar-refractivity contribution in [1.29, 1.82) is 0 Å². The molecule has 0 unspecified atom stereocenters. The molecule has 0 fully saturated rings. The molecule has 0 N–H and O–H groups in total. The third kappa shape index (κ3) is 2.99. The number of amides is 1. The average Bonchev–Trinajstić information content (AvgIpc) is 2.66. The van der Waals surface area contributed by atoms with E-state index in [-0.39, 0.29) is 24.9 Å². The van der Waals surface area contributed by atoms with Crippen molar-refractivity contribution in [3.05, 3.63) is 18.2 Å². The number of rotatable bonds is 5. The van der Waals surface area contributed by atoms with Crippen LogP contribution in [-0.2, 0) is 16.1 Å². The van der Waals surface area contributed by atoms with E-state index >= 15 is 0 Å². The Kier molecular flexibility index (Phi) is 4.36. The Morgan fingerprint density at radius 2 is 2.38 bits per heavy atom. The molecule has 0 radical (unpaired) electrons. The molecule has 1 amide bonds. The third-order valence-corrected chi connectivity index (χ3v) is 2.03. The van der Waals surface area contributed by atoms with Crippen LogP contribution >= 0.6 is 0 Å². The maximum Gasteiger partial charge on any atom is 0.319 e. The maximum atomic E-state index is 12.5. The van der Waals surface area contributed by atoms with Crippen LogP contribution < -0.4 is 0 Å². The number of methoxy groups -OCH3 is 1. The minimum absolute atomic E-state index is 0.0273. The van der Waals surface area contributed by atoms with Gasteiger partial charge in [0.25, 0.3) is 0 Å². The molecule has 0 aliphatic rings. The summed E-state index contributed by atoms with van der Waals surface area (Å²) in [6, 6.07) is 0. The summed E-state index contributed by atoms with van der Waals surface area (Å²) in [6.07, 6.45) is 2.45. The van der Waals surface area contributed by atoms with Gasteiger partial charge in [0.1, 0.15) is 12.4 Å². The zero-order valence-corrected chi connectivity index (χ0v) is 9.06. The van der Waals surface area contributed by atoms with Crippen LogP contribution in [0.1, 0.15) is 12.4 Å². The van der Waals surface area contributed by atoms with Gasteiger partial charge < -0.3 is 9.64 Å². The quantitative estimate of drug-likeness (QED) is 0.758. The van der Waals surface area contributed by atoms with Crippen LogP contribution in [0.3, 0.4) is 0 Å². The van der Waals surface area contributed by atoms with Crippen molar-refractivity contribution < 1.29 is 18.3 Å². The van der Waals surface area contributed by atoms with Crippen molar-refractivity contribution in [2.45, 2.75) is 13.1 Å². The molecule has 0 atom stereocenters. The molecule has 0 aromatic carbocycles. The van der Waals surface area contributed by atoms with E-state index in [2.05, 4.69) is 9.72 Å². The summed E-state index contributed by atoms with van der Waals surface area (Å²) in [4.78, 5) is 16.4. The Bertz CT molecular complexity index is 354. The number of hydrogen-bond acceptors (Lipinski definition) is 3. The lowest BCUT2D eigenvalue weighted by molar-refractivity contribution is -0.134. The van der Waals surface area contributed by atoms with E-state index in [4.69, 9.17) is 0 Å². The first-order valence-corrected chi connectivity index (χ1v) is 4.59. The monoisotopic (exact) mass is 233 g/mol. The first kappa shape index (κ1) is 12.6. The Balaban J connectivity index is 2.65. The zero-order chi connectivity index (χ0) is 12.1. The number of ether oxygens (including phenoxy) is 1. The Labute approximate surface area is 91.6 Å². The molecule has 1 heterocycles. The van der Waals surface area contributed by atoms with Crippen LogP contribution in [0, 0.1) is 0 Å². The lowest BCUT2D eigenvalue weighted by Gasteiger charge is -2.16. The van der Waals surface area contributed by atoms with Crippen LogP contribution in [0.4, 0.5) is 8.78 Å². The van der Waals surface area contributed by atoms with Gasteiger partial charge in [0, 0.05) is 26.6 Å². The standard InChI is InChI=1S/C9H13F2N3O2/c1-13(8(15)6-16-2)5-7-12-3-4-14(7)9(10)11/h3-4,9H,5-6H2,1-2H3. The van der Waals surface area contributed by atoms with Crippen molar-refractivity contribution in [3.8, 4) is 0 Å². The van der Waals surface area contributed by atoms with Gasteiger partial charge in [-0.1, -0.05) is 0 Å². The van der Waals surface area contributed by atoms with E-state index in [1.807, 2.05) is 0 Å². The van der Waals surface area contributed by atoms with Crippen molar-refractivity contribution >= 4 is 5.91 Å². The second-order valence-corrected chi connectivity index (χ2v) is 3.21. The Morgan fingerprint density at radius 3 is 2.94 bits per heavy atom. The van der Waals surface area contributed by atoms with Gasteiger partial charge in [-0.15, -0.1) is 0 Å². The molecule has 90 valence electrons. The van der Waals surface area contributed by atoms with Crippen molar-refractivity contribution in [2.75, 3.05) is 20.8 Å². The third-order valence-electron chi connectivity index (χ3n) is 2.03. The van der Waals surface area contributed by atoms with Crippen LogP contribution in [-0.4, -0.2) is 41.1 Å². The van der Waals surface area contributed by atoms with Gasteiger partial charge in [-0.2, -0.15) is 8.78 Å². The summed E-state index contributed by atoms with van der Waals surface area (Å²) in [6.45, 7) is -2.70. The average molecular weight is 233 g/mol. The van der Waals surface area contributed by atoms with E-state index < -0.39 is 6.55 Å². The second kappa shape index (κ2) is 5.55. The normalized spacial score (nSPS) is 10.8. The number of carbonyl (C=O) groups is 1. The smallest absolute Gasteiger partial charge is 0.319 e. The number of nitrogens with zero attached hydrogens (tertiary/aromatic N) is 3. The highest BCUT2D eigenvalue weighted by Crippen LogP contribution is 2.13. The molecular formula is C9H13F2N3O2. The molecule has 0 spiro atoms. The number of aromatic nitrogens is 2. The Hall–Kier alpha value is -1.50. The molecule has 16 heavy (non-hydrogen) atoms. The molecule has 1 aromatic rings. The summed E-state index contributed by atoms with van der Waals surface area (Å²) in [7, 11) is 2.90. The number of imidazole rings is 1. The predicted molar refractivity (Wildman–Crippen MR) is 51.8 cm³/mol. The van der Waals surface area contributed by atoms with Crippen molar-refractivity contribution in [1.82, 2.24) is 14.5 Å². The van der Waals surface area contributed by atoms with E-state index in [0.29, 0.717) is 0 Å². The number of carbonyl (C=O) groups excluding carboxylic acids is 1. The molecule has 5 nitrogen and oxygen atoms in total. The topological polar surface area (TPSA) is 47.4 Å². The zero-order valence-electron chi connectivity index (χ0n) is 9.06. The fraction of sp³-hybridized carbons (Fsp3) is 0.556. The van der Waals surface area contributed by atoms with E-state index in [1.165, 1.54) is 31.5 Å². The number of likely N-dealkylation sites (N-methyl/N-ethyl adjacent to an activating group) is 1. The van der Waals surface area contributed by atoms with Crippen LogP contribution in [0.5, 0.6) is 0 Å². The number of halogens is 2. The minimum Gasteiger partial charge on any atom is -0.375 e. The molecule has 1 rings (SSSR count). The SMILES string of the molecule is COCC(=O)N(C)Cc1nccn1C(F)F. The van der Waals surface area contributed by atoms with Gasteiger partial charge in [0.15, 0.2) is 0 Å². The summed E-state index contributed by atoms with van der Waals surface area (Å²) >= 11 is 0. The van der Waals surface area contributed by atoms with Gasteiger partial charge in [-0.3, -0.25) is 9.36 Å². The molecule has 0 aliphatic heterocycles. The van der Waals surface area contributed by atoms with Gasteiger partial charge >= 0.3 is 6.55 Å². The van der Waals surface area contributed by atoms with Crippen molar-refractivity contribution in [3.63, 3.8) is 0 Å². The van der Waals surface area contributed by atoms with Crippen LogP contribution in [0.25, 0.3) is 0 Å². The van der Waals surface area contributed by atoms with Gasteiger partial charge in [0.2, 0.25) is 5.91 Å². The lowest BCUT2D eigenvalue weighted by Crippen LogP contribution is -2.30. The van der Waals surface area contributed by atoms with E-state index in [0.717, 1.165) is 4.57 Å². The molecule has 0 bridgehead atoms. The van der Waals surface area contributed by atoms with E-state index in [9.17, 15) is 13.6 Å². The molecule has 1 aromatic heterocycles. The summed E-state index contributed by atoms with van der Waals surface area (Å²) in [5, 5.41) is 0. The van der Waals surface area contributed by atoms with Gasteiger partial charge in [0.05, 0.1) is 6.54 Å². The fourth-order valence-corrected chi connectivity index (χ4v) is 1.18. The van der Waals surface area contributed by atoms with Crippen molar-refractivity contribution in [2.24, 2.45) is 0 Å². The lowest BCUT2D eigenvalue weighted by atomic mass is 10.5. The molecule has 0 saturated heterocycles. The largest absolute Gasteiger partial charge is 0.375 e. The molecule has 7 heteroatoms. The molecule has 0 aliphatic carbocycles. The first-order valence-electron chi connectivity index (χ1n) is 4.59. The highest BCUT2D eigenvalue weighted by atomic mass is 19.3. The highest BCUT2D eigenvalue weighted by Gasteiger charge is 2.15. The molecular weight excluding hydrogens is 220 g/mol.